The fourth-order valence-corrected chi connectivity index (χ4v) is 4.56. The molecule has 2 heterocycles. The average Bonchev–Trinajstić information content (AvgIpc) is 2.98. The molecule has 29 heavy (non-hydrogen) atoms. The number of β-lactam (4-membered cyclic amide) rings is 1. The zero-order chi connectivity index (χ0) is 21.6. The van der Waals surface area contributed by atoms with Gasteiger partial charge in [0.2, 0.25) is 11.8 Å². The number of carbonyl (C=O) groups excluding carboxylic acids is 3. The zero-order valence-electron chi connectivity index (χ0n) is 16.4. The summed E-state index contributed by atoms with van der Waals surface area (Å²) in [5.41, 5.74) is 9.49. The number of aliphatic hydroxyl groups excluding tert-OH is 1. The number of amides is 3. The van der Waals surface area contributed by atoms with Crippen LogP contribution in [0.25, 0.3) is 0 Å². The van der Waals surface area contributed by atoms with Gasteiger partial charge < -0.3 is 26.4 Å². The number of primary amides is 1. The standard InChI is InChI=1S/C20H25N5O4/c1-12(26)15(23)17(28)25-16(13-6-4-3-5-7-13)19(2,10-21)9-20(25)11-24(18(20)29)8-14(22)27/h3-7,12,15-16,26H,8-9,11,23H2,1-2H3,(H2,22,27). The largest absolute Gasteiger partial charge is 0.391 e. The van der Waals surface area contributed by atoms with E-state index in [1.807, 2.05) is 6.07 Å². The van der Waals surface area contributed by atoms with Crippen molar-refractivity contribution in [3.63, 3.8) is 0 Å². The molecule has 2 saturated heterocycles. The Labute approximate surface area is 168 Å². The first-order chi connectivity index (χ1) is 13.6. The summed E-state index contributed by atoms with van der Waals surface area (Å²) in [6, 6.07) is 9.27. The number of hydrogen-bond acceptors (Lipinski definition) is 6. The highest BCUT2D eigenvalue weighted by molar-refractivity contribution is 6.00. The average molecular weight is 399 g/mol. The number of nitrogens with two attached hydrogens (primary N) is 2. The maximum atomic E-state index is 13.3. The van der Waals surface area contributed by atoms with Crippen LogP contribution in [0.1, 0.15) is 31.9 Å². The number of carbonyl (C=O) groups is 3. The highest BCUT2D eigenvalue weighted by Gasteiger charge is 2.69. The van der Waals surface area contributed by atoms with Crippen molar-refractivity contribution >= 4 is 17.7 Å². The molecular formula is C20H25N5O4. The summed E-state index contributed by atoms with van der Waals surface area (Å²) < 4.78 is 0. The van der Waals surface area contributed by atoms with E-state index in [4.69, 9.17) is 11.5 Å². The molecular weight excluding hydrogens is 374 g/mol. The van der Waals surface area contributed by atoms with Crippen LogP contribution in [-0.2, 0) is 14.4 Å². The number of hydrogen-bond donors (Lipinski definition) is 3. The van der Waals surface area contributed by atoms with Crippen LogP contribution in [0.2, 0.25) is 0 Å². The van der Waals surface area contributed by atoms with Crippen molar-refractivity contribution < 1.29 is 19.5 Å². The number of nitrogens with zero attached hydrogens (tertiary/aromatic N) is 3. The van der Waals surface area contributed by atoms with Crippen molar-refractivity contribution in [2.75, 3.05) is 13.1 Å². The minimum absolute atomic E-state index is 0.0770. The van der Waals surface area contributed by atoms with Crippen LogP contribution in [0.15, 0.2) is 30.3 Å². The molecule has 0 saturated carbocycles. The Hall–Kier alpha value is -2.96. The fraction of sp³-hybridized carbons (Fsp3) is 0.500. The lowest BCUT2D eigenvalue weighted by atomic mass is 9.75. The Kier molecular flexibility index (Phi) is 5.11. The predicted molar refractivity (Wildman–Crippen MR) is 103 cm³/mol. The number of aliphatic hydroxyl groups is 1. The van der Waals surface area contributed by atoms with Crippen LogP contribution in [0.5, 0.6) is 0 Å². The van der Waals surface area contributed by atoms with Crippen molar-refractivity contribution in [3.8, 4) is 6.07 Å². The highest BCUT2D eigenvalue weighted by Crippen LogP contribution is 2.57. The van der Waals surface area contributed by atoms with Gasteiger partial charge in [-0.15, -0.1) is 0 Å². The Bertz CT molecular complexity index is 883. The first-order valence-electron chi connectivity index (χ1n) is 9.38. The van der Waals surface area contributed by atoms with Crippen molar-refractivity contribution in [3.05, 3.63) is 35.9 Å². The van der Waals surface area contributed by atoms with E-state index in [2.05, 4.69) is 6.07 Å². The normalized spacial score (nSPS) is 30.6. The van der Waals surface area contributed by atoms with Gasteiger partial charge in [-0.05, 0) is 19.4 Å². The van der Waals surface area contributed by atoms with E-state index in [9.17, 15) is 24.8 Å². The molecule has 0 aliphatic carbocycles. The van der Waals surface area contributed by atoms with E-state index < -0.39 is 46.9 Å². The van der Waals surface area contributed by atoms with E-state index >= 15 is 0 Å². The summed E-state index contributed by atoms with van der Waals surface area (Å²) in [7, 11) is 0. The summed E-state index contributed by atoms with van der Waals surface area (Å²) in [6.45, 7) is 2.92. The van der Waals surface area contributed by atoms with Gasteiger partial charge in [-0.2, -0.15) is 5.26 Å². The van der Waals surface area contributed by atoms with Crippen molar-refractivity contribution in [2.24, 2.45) is 16.9 Å². The summed E-state index contributed by atoms with van der Waals surface area (Å²) in [5, 5.41) is 19.9. The molecule has 0 aromatic heterocycles. The van der Waals surface area contributed by atoms with Gasteiger partial charge in [0.25, 0.3) is 5.91 Å². The van der Waals surface area contributed by atoms with Gasteiger partial charge in [-0.1, -0.05) is 30.3 Å². The van der Waals surface area contributed by atoms with Gasteiger partial charge >= 0.3 is 0 Å². The van der Waals surface area contributed by atoms with Crippen LogP contribution in [0, 0.1) is 16.7 Å². The Morgan fingerprint density at radius 3 is 2.48 bits per heavy atom. The highest BCUT2D eigenvalue weighted by atomic mass is 16.3. The first kappa shape index (κ1) is 20.8. The number of likely N-dealkylation sites (tertiary alicyclic amines) is 2. The molecule has 3 rings (SSSR count). The maximum absolute atomic E-state index is 13.3. The number of nitriles is 1. The van der Waals surface area contributed by atoms with Gasteiger partial charge in [0.1, 0.15) is 11.6 Å². The van der Waals surface area contributed by atoms with Gasteiger partial charge in [-0.3, -0.25) is 14.4 Å². The second-order valence-corrected chi connectivity index (χ2v) is 8.15. The third kappa shape index (κ3) is 3.14. The topological polar surface area (TPSA) is 154 Å². The van der Waals surface area contributed by atoms with E-state index in [1.54, 1.807) is 31.2 Å². The van der Waals surface area contributed by atoms with E-state index in [0.29, 0.717) is 5.56 Å². The zero-order valence-corrected chi connectivity index (χ0v) is 16.4. The second kappa shape index (κ2) is 7.13. The summed E-state index contributed by atoms with van der Waals surface area (Å²) in [6.07, 6.45) is -1.04. The maximum Gasteiger partial charge on any atom is 0.251 e. The van der Waals surface area contributed by atoms with Crippen LogP contribution in [-0.4, -0.2) is 63.4 Å². The van der Waals surface area contributed by atoms with Gasteiger partial charge in [0.15, 0.2) is 0 Å². The quantitative estimate of drug-likeness (QED) is 0.554. The molecule has 2 fully saturated rings. The smallest absolute Gasteiger partial charge is 0.251 e. The van der Waals surface area contributed by atoms with E-state index in [1.165, 1.54) is 16.7 Å². The number of benzene rings is 1. The minimum Gasteiger partial charge on any atom is -0.391 e. The second-order valence-electron chi connectivity index (χ2n) is 8.15. The monoisotopic (exact) mass is 399 g/mol. The molecule has 5 atom stereocenters. The van der Waals surface area contributed by atoms with Crippen LogP contribution in [0.3, 0.4) is 0 Å². The SMILES string of the molecule is CC(O)C(N)C(=O)N1C(c2ccccc2)C(C)(C#N)CC12CN(CC(N)=O)C2=O. The third-order valence-electron chi connectivity index (χ3n) is 5.88. The molecule has 0 bridgehead atoms. The molecule has 5 N–H and O–H groups in total. The Morgan fingerprint density at radius 2 is 2.00 bits per heavy atom. The summed E-state index contributed by atoms with van der Waals surface area (Å²) in [4.78, 5) is 40.4. The molecule has 1 aromatic carbocycles. The molecule has 0 radical (unpaired) electrons. The van der Waals surface area contributed by atoms with Crippen LogP contribution in [0.4, 0.5) is 0 Å². The van der Waals surface area contributed by atoms with Crippen LogP contribution < -0.4 is 11.5 Å². The molecule has 5 unspecified atom stereocenters. The molecule has 3 amide bonds. The minimum atomic E-state index is -1.30. The molecule has 2 aliphatic heterocycles. The van der Waals surface area contributed by atoms with Gasteiger partial charge in [0, 0.05) is 6.42 Å². The van der Waals surface area contributed by atoms with E-state index in [-0.39, 0.29) is 19.5 Å². The number of rotatable bonds is 5. The summed E-state index contributed by atoms with van der Waals surface area (Å²) >= 11 is 0. The molecule has 9 nitrogen and oxygen atoms in total. The molecule has 2 aliphatic rings. The molecule has 1 aromatic rings. The van der Waals surface area contributed by atoms with Gasteiger partial charge in [0.05, 0.1) is 36.7 Å². The predicted octanol–water partition coefficient (Wildman–Crippen LogP) is -0.736. The van der Waals surface area contributed by atoms with Crippen LogP contribution >= 0.6 is 0 Å². The van der Waals surface area contributed by atoms with Crippen molar-refractivity contribution in [2.45, 2.75) is 44.0 Å². The van der Waals surface area contributed by atoms with E-state index in [0.717, 1.165) is 0 Å². The van der Waals surface area contributed by atoms with Crippen molar-refractivity contribution in [1.82, 2.24) is 9.80 Å². The molecule has 1 spiro atoms. The first-order valence-corrected chi connectivity index (χ1v) is 9.38. The molecule has 9 heteroatoms. The lowest BCUT2D eigenvalue weighted by Crippen LogP contribution is -2.75. The van der Waals surface area contributed by atoms with Crippen molar-refractivity contribution in [1.29, 1.82) is 5.26 Å². The Balaban J connectivity index is 2.12. The molecule has 154 valence electrons. The Morgan fingerprint density at radius 1 is 1.38 bits per heavy atom. The third-order valence-corrected chi connectivity index (χ3v) is 5.88. The van der Waals surface area contributed by atoms with Gasteiger partial charge in [-0.25, -0.2) is 0 Å². The lowest BCUT2D eigenvalue weighted by Gasteiger charge is -2.52. The fourth-order valence-electron chi connectivity index (χ4n) is 4.56. The lowest BCUT2D eigenvalue weighted by molar-refractivity contribution is -0.171. The summed E-state index contributed by atoms with van der Waals surface area (Å²) in [5.74, 6) is -1.71.